The molecule has 0 radical (unpaired) electrons. The Bertz CT molecular complexity index is 1080. The summed E-state index contributed by atoms with van der Waals surface area (Å²) in [6, 6.07) is 15.3. The topological polar surface area (TPSA) is 56.2 Å². The Hall–Kier alpha value is -2.53. The van der Waals surface area contributed by atoms with Crippen molar-refractivity contribution in [2.24, 2.45) is 0 Å². The zero-order valence-corrected chi connectivity index (χ0v) is 24.7. The molecule has 0 spiro atoms. The number of para-hydroxylation sites is 2. The molecule has 0 aliphatic heterocycles. The van der Waals surface area contributed by atoms with Crippen LogP contribution >= 0.6 is 11.6 Å². The van der Waals surface area contributed by atoms with Gasteiger partial charge in [0.05, 0.1) is 11.0 Å². The van der Waals surface area contributed by atoms with Crippen LogP contribution < -0.4 is 10.1 Å². The molecule has 6 heteroatoms. The number of unbranched alkanes of at least 4 members (excludes halogenated alkanes) is 13. The summed E-state index contributed by atoms with van der Waals surface area (Å²) in [5, 5.41) is 3.60. The van der Waals surface area contributed by atoms with Gasteiger partial charge in [-0.3, -0.25) is 4.79 Å². The van der Waals surface area contributed by atoms with Crippen molar-refractivity contribution in [3.05, 3.63) is 59.4 Å². The molecule has 2 aromatic carbocycles. The molecule has 0 fully saturated rings. The summed E-state index contributed by atoms with van der Waals surface area (Å²) >= 11 is 5.89. The number of benzene rings is 2. The van der Waals surface area contributed by atoms with Crippen molar-refractivity contribution in [2.75, 3.05) is 13.2 Å². The predicted molar refractivity (Wildman–Crippen MR) is 164 cm³/mol. The number of nitrogens with one attached hydrogen (secondary N) is 1. The van der Waals surface area contributed by atoms with Gasteiger partial charge in [0.2, 0.25) is 0 Å². The second-order valence-electron chi connectivity index (χ2n) is 10.6. The largest absolute Gasteiger partial charge is 0.484 e. The number of hydrogen-bond donors (Lipinski definition) is 1. The van der Waals surface area contributed by atoms with Gasteiger partial charge in [0.1, 0.15) is 11.6 Å². The number of halogens is 1. The molecule has 1 heterocycles. The molecule has 0 bridgehead atoms. The quantitative estimate of drug-likeness (QED) is 0.134. The summed E-state index contributed by atoms with van der Waals surface area (Å²) in [4.78, 5) is 17.1. The highest BCUT2D eigenvalue weighted by Gasteiger charge is 2.11. The first-order chi connectivity index (χ1) is 19.2. The van der Waals surface area contributed by atoms with E-state index < -0.39 is 0 Å². The number of hydrogen-bond acceptors (Lipinski definition) is 3. The van der Waals surface area contributed by atoms with E-state index in [4.69, 9.17) is 21.3 Å². The lowest BCUT2D eigenvalue weighted by Gasteiger charge is -2.11. The third-order valence-corrected chi connectivity index (χ3v) is 7.58. The Balaban J connectivity index is 1.31. The van der Waals surface area contributed by atoms with E-state index in [1.807, 2.05) is 6.07 Å². The number of carbonyl (C=O) groups is 1. The van der Waals surface area contributed by atoms with Crippen molar-refractivity contribution in [1.82, 2.24) is 14.9 Å². The van der Waals surface area contributed by atoms with Crippen LogP contribution in [0.1, 0.15) is 103 Å². The summed E-state index contributed by atoms with van der Waals surface area (Å²) in [5.41, 5.74) is 2.20. The van der Waals surface area contributed by atoms with Crippen molar-refractivity contribution in [3.63, 3.8) is 0 Å². The van der Waals surface area contributed by atoms with Crippen molar-refractivity contribution in [3.8, 4) is 5.75 Å². The highest BCUT2D eigenvalue weighted by Crippen LogP contribution is 2.19. The minimum atomic E-state index is -0.139. The first-order valence-corrected chi connectivity index (χ1v) is 15.6. The van der Waals surface area contributed by atoms with Crippen LogP contribution in [0.4, 0.5) is 0 Å². The SMILES string of the molecule is CCCCCCCCCCCCCCCCn1c(CCNC(=O)COc2ccc(Cl)cc2)nc2ccccc21. The average Bonchev–Trinajstić information content (AvgIpc) is 3.30. The number of amides is 1. The van der Waals surface area contributed by atoms with Gasteiger partial charge in [-0.1, -0.05) is 114 Å². The van der Waals surface area contributed by atoms with Crippen LogP contribution in [0, 0.1) is 0 Å². The van der Waals surface area contributed by atoms with Crippen molar-refractivity contribution < 1.29 is 9.53 Å². The van der Waals surface area contributed by atoms with Gasteiger partial charge in [0, 0.05) is 24.5 Å². The molecule has 0 atom stereocenters. The molecule has 3 aromatic rings. The summed E-state index contributed by atoms with van der Waals surface area (Å²) in [6.45, 7) is 3.77. The number of fused-ring (bicyclic) bond motifs is 1. The van der Waals surface area contributed by atoms with Crippen LogP contribution in [0.3, 0.4) is 0 Å². The van der Waals surface area contributed by atoms with Gasteiger partial charge in [0.15, 0.2) is 6.61 Å². The average molecular weight is 554 g/mol. The lowest BCUT2D eigenvalue weighted by atomic mass is 10.0. The second-order valence-corrected chi connectivity index (χ2v) is 11.0. The summed E-state index contributed by atoms with van der Waals surface area (Å²) < 4.78 is 7.88. The van der Waals surface area contributed by atoms with Crippen LogP contribution in [0.2, 0.25) is 5.02 Å². The molecule has 0 unspecified atom stereocenters. The van der Waals surface area contributed by atoms with Crippen molar-refractivity contribution in [2.45, 2.75) is 110 Å². The Morgan fingerprint density at radius 3 is 2.05 bits per heavy atom. The number of imidazole rings is 1. The van der Waals surface area contributed by atoms with Gasteiger partial charge in [-0.25, -0.2) is 4.98 Å². The fourth-order valence-electron chi connectivity index (χ4n) is 5.07. The van der Waals surface area contributed by atoms with E-state index in [2.05, 4.69) is 35.0 Å². The highest BCUT2D eigenvalue weighted by molar-refractivity contribution is 6.30. The Morgan fingerprint density at radius 2 is 1.41 bits per heavy atom. The summed E-state index contributed by atoms with van der Waals surface area (Å²) in [5.74, 6) is 1.52. The number of nitrogens with zero attached hydrogens (tertiary/aromatic N) is 2. The van der Waals surface area contributed by atoms with E-state index in [1.165, 1.54) is 89.0 Å². The normalized spacial score (nSPS) is 11.2. The monoisotopic (exact) mass is 553 g/mol. The zero-order valence-electron chi connectivity index (χ0n) is 23.9. The third-order valence-electron chi connectivity index (χ3n) is 7.32. The number of rotatable bonds is 21. The van der Waals surface area contributed by atoms with Crippen LogP contribution in [0.25, 0.3) is 11.0 Å². The van der Waals surface area contributed by atoms with E-state index in [0.29, 0.717) is 23.7 Å². The lowest BCUT2D eigenvalue weighted by molar-refractivity contribution is -0.123. The van der Waals surface area contributed by atoms with Gasteiger partial charge >= 0.3 is 0 Å². The van der Waals surface area contributed by atoms with Gasteiger partial charge in [0.25, 0.3) is 5.91 Å². The van der Waals surface area contributed by atoms with Gasteiger partial charge in [-0.05, 0) is 42.8 Å². The van der Waals surface area contributed by atoms with E-state index >= 15 is 0 Å². The first-order valence-electron chi connectivity index (χ1n) is 15.3. The molecule has 1 aromatic heterocycles. The fraction of sp³-hybridized carbons (Fsp3) is 0.576. The molecule has 5 nitrogen and oxygen atoms in total. The summed E-state index contributed by atoms with van der Waals surface area (Å²) in [7, 11) is 0. The van der Waals surface area contributed by atoms with E-state index in [1.54, 1.807) is 24.3 Å². The Kier molecular flexibility index (Phi) is 14.9. The summed E-state index contributed by atoms with van der Waals surface area (Å²) in [6.07, 6.45) is 19.8. The van der Waals surface area contributed by atoms with Crippen LogP contribution in [-0.4, -0.2) is 28.6 Å². The molecule has 214 valence electrons. The number of aromatic nitrogens is 2. The molecule has 0 saturated heterocycles. The van der Waals surface area contributed by atoms with E-state index in [-0.39, 0.29) is 12.5 Å². The maximum absolute atomic E-state index is 12.3. The van der Waals surface area contributed by atoms with Crippen molar-refractivity contribution in [1.29, 1.82) is 0 Å². The molecule has 0 aliphatic rings. The van der Waals surface area contributed by atoms with E-state index in [9.17, 15) is 4.79 Å². The van der Waals surface area contributed by atoms with Crippen LogP contribution in [-0.2, 0) is 17.8 Å². The third kappa shape index (κ3) is 12.0. The van der Waals surface area contributed by atoms with Crippen molar-refractivity contribution >= 4 is 28.5 Å². The molecule has 0 saturated carbocycles. The lowest BCUT2D eigenvalue weighted by Crippen LogP contribution is -2.31. The van der Waals surface area contributed by atoms with E-state index in [0.717, 1.165) is 24.3 Å². The minimum absolute atomic E-state index is 0.0168. The predicted octanol–water partition coefficient (Wildman–Crippen LogP) is 8.91. The van der Waals surface area contributed by atoms with Gasteiger partial charge in [-0.2, -0.15) is 0 Å². The molecule has 0 aliphatic carbocycles. The zero-order chi connectivity index (χ0) is 27.5. The molecular weight excluding hydrogens is 506 g/mol. The van der Waals surface area contributed by atoms with Crippen LogP contribution in [0.15, 0.2) is 48.5 Å². The van der Waals surface area contributed by atoms with Gasteiger partial charge < -0.3 is 14.6 Å². The molecule has 39 heavy (non-hydrogen) atoms. The number of aryl methyl sites for hydroxylation is 1. The number of ether oxygens (including phenoxy) is 1. The molecule has 1 N–H and O–H groups in total. The molecular formula is C33H48ClN3O2. The standard InChI is InChI=1S/C33H48ClN3O2/c1-2-3-4-5-6-7-8-9-10-11-12-13-14-17-26-37-31-19-16-15-18-30(31)36-32(37)24-25-35-33(38)27-39-29-22-20-28(34)21-23-29/h15-16,18-23H,2-14,17,24-27H2,1H3,(H,35,38). The first kappa shape index (κ1) is 31.0. The Morgan fingerprint density at radius 1 is 0.821 bits per heavy atom. The highest BCUT2D eigenvalue weighted by atomic mass is 35.5. The van der Waals surface area contributed by atoms with Gasteiger partial charge in [-0.15, -0.1) is 0 Å². The second kappa shape index (κ2) is 18.7. The minimum Gasteiger partial charge on any atom is -0.484 e. The van der Waals surface area contributed by atoms with Crippen LogP contribution in [0.5, 0.6) is 5.75 Å². The molecule has 3 rings (SSSR count). The molecule has 1 amide bonds. The maximum Gasteiger partial charge on any atom is 0.257 e. The fourth-order valence-corrected chi connectivity index (χ4v) is 5.20. The number of carbonyl (C=O) groups excluding carboxylic acids is 1. The maximum atomic E-state index is 12.3. The smallest absolute Gasteiger partial charge is 0.257 e. The Labute approximate surface area is 240 Å².